The molecule has 0 atom stereocenters. The van der Waals surface area contributed by atoms with Crippen molar-refractivity contribution in [2.24, 2.45) is 0 Å². The minimum absolute atomic E-state index is 0.179. The van der Waals surface area contributed by atoms with Gasteiger partial charge >= 0.3 is 0 Å². The molecule has 3 aromatic heterocycles. The SMILES string of the molecule is COc1ccc2nc(NC(=O)c3sc4ncnc(N5CCN(c6ccccc6)CC5)c4c3C)sc2c1. The van der Waals surface area contributed by atoms with Crippen LogP contribution in [0.5, 0.6) is 5.75 Å². The van der Waals surface area contributed by atoms with Crippen LogP contribution in [0.1, 0.15) is 15.2 Å². The zero-order valence-corrected chi connectivity index (χ0v) is 21.5. The maximum Gasteiger partial charge on any atom is 0.267 e. The number of carbonyl (C=O) groups is 1. The first-order chi connectivity index (χ1) is 17.6. The van der Waals surface area contributed by atoms with E-state index >= 15 is 0 Å². The van der Waals surface area contributed by atoms with Crippen molar-refractivity contribution in [3.8, 4) is 5.75 Å². The number of amides is 1. The number of piperazine rings is 1. The van der Waals surface area contributed by atoms with E-state index in [1.54, 1.807) is 13.4 Å². The highest BCUT2D eigenvalue weighted by Gasteiger charge is 2.25. The van der Waals surface area contributed by atoms with Gasteiger partial charge < -0.3 is 14.5 Å². The van der Waals surface area contributed by atoms with Gasteiger partial charge in [-0.3, -0.25) is 10.1 Å². The number of ether oxygens (including phenoxy) is 1. The molecule has 1 saturated heterocycles. The predicted octanol–water partition coefficient (Wildman–Crippen LogP) is 5.20. The van der Waals surface area contributed by atoms with E-state index in [2.05, 4.69) is 54.3 Å². The minimum Gasteiger partial charge on any atom is -0.497 e. The number of anilines is 3. The fourth-order valence-corrected chi connectivity index (χ4v) is 6.49. The van der Waals surface area contributed by atoms with Gasteiger partial charge in [0, 0.05) is 31.9 Å². The van der Waals surface area contributed by atoms with Crippen molar-refractivity contribution in [2.45, 2.75) is 6.92 Å². The largest absolute Gasteiger partial charge is 0.497 e. The third-order valence-electron chi connectivity index (χ3n) is 6.43. The van der Waals surface area contributed by atoms with Gasteiger partial charge in [-0.2, -0.15) is 0 Å². The molecule has 5 aromatic rings. The molecule has 1 aliphatic rings. The van der Waals surface area contributed by atoms with Crippen molar-refractivity contribution >= 4 is 65.7 Å². The summed E-state index contributed by atoms with van der Waals surface area (Å²) >= 11 is 2.82. The van der Waals surface area contributed by atoms with Crippen LogP contribution in [-0.4, -0.2) is 54.1 Å². The molecule has 4 heterocycles. The van der Waals surface area contributed by atoms with E-state index in [-0.39, 0.29) is 5.91 Å². The second-order valence-electron chi connectivity index (χ2n) is 8.55. The molecule has 0 bridgehead atoms. The van der Waals surface area contributed by atoms with E-state index in [1.807, 2.05) is 31.2 Å². The van der Waals surface area contributed by atoms with Crippen molar-refractivity contribution in [3.05, 3.63) is 65.3 Å². The first-order valence-corrected chi connectivity index (χ1v) is 13.3. The predicted molar refractivity (Wildman–Crippen MR) is 147 cm³/mol. The number of fused-ring (bicyclic) bond motifs is 2. The molecule has 1 aliphatic heterocycles. The number of nitrogens with one attached hydrogen (secondary N) is 1. The van der Waals surface area contributed by atoms with E-state index in [0.29, 0.717) is 10.0 Å². The molecule has 0 unspecified atom stereocenters. The number of nitrogens with zero attached hydrogens (tertiary/aromatic N) is 5. The summed E-state index contributed by atoms with van der Waals surface area (Å²) in [6, 6.07) is 16.2. The molecule has 182 valence electrons. The number of rotatable bonds is 5. The third-order valence-corrected chi connectivity index (χ3v) is 8.56. The Morgan fingerprint density at radius 1 is 1.00 bits per heavy atom. The van der Waals surface area contributed by atoms with Crippen molar-refractivity contribution in [2.75, 3.05) is 48.4 Å². The number of thiophene rings is 1. The number of aryl methyl sites for hydroxylation is 1. The van der Waals surface area contributed by atoms with Crippen LogP contribution < -0.4 is 19.9 Å². The number of methoxy groups -OCH3 is 1. The number of aromatic nitrogens is 3. The van der Waals surface area contributed by atoms with Crippen molar-refractivity contribution in [3.63, 3.8) is 0 Å². The summed E-state index contributed by atoms with van der Waals surface area (Å²) in [6.45, 7) is 5.51. The molecular weight excluding hydrogens is 492 g/mol. The van der Waals surface area contributed by atoms with Crippen LogP contribution in [0.25, 0.3) is 20.4 Å². The number of hydrogen-bond acceptors (Lipinski definition) is 9. The van der Waals surface area contributed by atoms with E-state index in [0.717, 1.165) is 63.7 Å². The van der Waals surface area contributed by atoms with E-state index < -0.39 is 0 Å². The van der Waals surface area contributed by atoms with Gasteiger partial charge in [-0.15, -0.1) is 11.3 Å². The molecule has 6 rings (SSSR count). The Hall–Kier alpha value is -3.76. The molecule has 8 nitrogen and oxygen atoms in total. The third kappa shape index (κ3) is 4.12. The number of benzene rings is 2. The summed E-state index contributed by atoms with van der Waals surface area (Å²) in [5.74, 6) is 1.48. The van der Waals surface area contributed by atoms with Crippen LogP contribution in [0, 0.1) is 6.92 Å². The number of carbonyl (C=O) groups excluding carboxylic acids is 1. The van der Waals surface area contributed by atoms with Gasteiger partial charge in [-0.25, -0.2) is 15.0 Å². The standard InChI is InChI=1S/C26H24N6O2S2/c1-16-21-23(32-12-10-31(11-13-32)17-6-4-3-5-7-17)27-15-28-25(21)36-22(16)24(33)30-26-29-19-9-8-18(34-2)14-20(19)35-26/h3-9,14-15H,10-13H2,1-2H3,(H,29,30,33). The summed E-state index contributed by atoms with van der Waals surface area (Å²) < 4.78 is 6.25. The van der Waals surface area contributed by atoms with Gasteiger partial charge in [0.2, 0.25) is 0 Å². The lowest BCUT2D eigenvalue weighted by Gasteiger charge is -2.37. The highest BCUT2D eigenvalue weighted by molar-refractivity contribution is 7.23. The van der Waals surface area contributed by atoms with Gasteiger partial charge in [0.25, 0.3) is 5.91 Å². The lowest BCUT2D eigenvalue weighted by atomic mass is 10.1. The zero-order chi connectivity index (χ0) is 24.6. The fraction of sp³-hybridized carbons (Fsp3) is 0.231. The Morgan fingerprint density at radius 3 is 2.56 bits per heavy atom. The molecule has 1 N–H and O–H groups in total. The number of thiazole rings is 1. The molecule has 1 amide bonds. The van der Waals surface area contributed by atoms with Crippen LogP contribution in [0.2, 0.25) is 0 Å². The van der Waals surface area contributed by atoms with Gasteiger partial charge in [0.05, 0.1) is 27.6 Å². The summed E-state index contributed by atoms with van der Waals surface area (Å²) in [5.41, 5.74) is 2.97. The average Bonchev–Trinajstić information content (AvgIpc) is 3.48. The van der Waals surface area contributed by atoms with Crippen LogP contribution >= 0.6 is 22.7 Å². The Bertz CT molecular complexity index is 1560. The smallest absolute Gasteiger partial charge is 0.267 e. The molecular formula is C26H24N6O2S2. The lowest BCUT2D eigenvalue weighted by molar-refractivity contribution is 0.103. The maximum absolute atomic E-state index is 13.3. The van der Waals surface area contributed by atoms with Crippen LogP contribution in [-0.2, 0) is 0 Å². The summed E-state index contributed by atoms with van der Waals surface area (Å²) in [6.07, 6.45) is 1.60. The van der Waals surface area contributed by atoms with E-state index in [4.69, 9.17) is 4.74 Å². The van der Waals surface area contributed by atoms with Gasteiger partial charge in [0.15, 0.2) is 5.13 Å². The molecule has 0 radical (unpaired) electrons. The van der Waals surface area contributed by atoms with Gasteiger partial charge in [0.1, 0.15) is 22.7 Å². The second kappa shape index (κ2) is 9.36. The van der Waals surface area contributed by atoms with E-state index in [1.165, 1.54) is 28.4 Å². The van der Waals surface area contributed by atoms with Crippen LogP contribution in [0.4, 0.5) is 16.6 Å². The average molecular weight is 517 g/mol. The molecule has 0 saturated carbocycles. The second-order valence-corrected chi connectivity index (χ2v) is 10.6. The Morgan fingerprint density at radius 2 is 1.78 bits per heavy atom. The summed E-state index contributed by atoms with van der Waals surface area (Å²) in [5, 5.41) is 4.49. The zero-order valence-electron chi connectivity index (χ0n) is 19.9. The van der Waals surface area contributed by atoms with E-state index in [9.17, 15) is 4.79 Å². The quantitative estimate of drug-likeness (QED) is 0.344. The first kappa shape index (κ1) is 22.7. The lowest BCUT2D eigenvalue weighted by Crippen LogP contribution is -2.46. The van der Waals surface area contributed by atoms with Crippen molar-refractivity contribution in [1.29, 1.82) is 0 Å². The number of para-hydroxylation sites is 1. The van der Waals surface area contributed by atoms with Gasteiger partial charge in [-0.05, 0) is 42.8 Å². The highest BCUT2D eigenvalue weighted by Crippen LogP contribution is 2.36. The van der Waals surface area contributed by atoms with Crippen LogP contribution in [0.3, 0.4) is 0 Å². The molecule has 0 spiro atoms. The first-order valence-electron chi connectivity index (χ1n) is 11.7. The Labute approximate surface area is 216 Å². The summed E-state index contributed by atoms with van der Waals surface area (Å²) in [7, 11) is 1.63. The van der Waals surface area contributed by atoms with Crippen molar-refractivity contribution < 1.29 is 9.53 Å². The van der Waals surface area contributed by atoms with Gasteiger partial charge in [-0.1, -0.05) is 29.5 Å². The Kier molecular flexibility index (Phi) is 5.90. The minimum atomic E-state index is -0.179. The monoisotopic (exact) mass is 516 g/mol. The number of hydrogen-bond donors (Lipinski definition) is 1. The Balaban J connectivity index is 1.24. The maximum atomic E-state index is 13.3. The van der Waals surface area contributed by atoms with Crippen LogP contribution in [0.15, 0.2) is 54.9 Å². The fourth-order valence-electron chi connectivity index (χ4n) is 4.56. The highest BCUT2D eigenvalue weighted by atomic mass is 32.1. The molecule has 0 aliphatic carbocycles. The summed E-state index contributed by atoms with van der Waals surface area (Å²) in [4.78, 5) is 33.1. The molecule has 36 heavy (non-hydrogen) atoms. The van der Waals surface area contributed by atoms with Crippen molar-refractivity contribution in [1.82, 2.24) is 15.0 Å². The molecule has 10 heteroatoms. The topological polar surface area (TPSA) is 83.5 Å². The molecule has 1 fully saturated rings. The normalized spacial score (nSPS) is 13.9. The molecule has 2 aromatic carbocycles.